The average molecular weight is 542 g/mol. The van der Waals surface area contributed by atoms with Crippen molar-refractivity contribution in [2.75, 3.05) is 26.7 Å². The molecule has 37 heavy (non-hydrogen) atoms. The number of carbonyl (C=O) groups is 2. The van der Waals surface area contributed by atoms with E-state index in [0.717, 1.165) is 29.2 Å². The highest BCUT2D eigenvalue weighted by Crippen LogP contribution is 2.33. The van der Waals surface area contributed by atoms with Gasteiger partial charge in [-0.15, -0.1) is 11.3 Å². The Morgan fingerprint density at radius 1 is 1.16 bits per heavy atom. The second-order valence-electron chi connectivity index (χ2n) is 9.54. The van der Waals surface area contributed by atoms with Gasteiger partial charge in [0.1, 0.15) is 17.2 Å². The number of ether oxygens (including phenoxy) is 2. The van der Waals surface area contributed by atoms with Gasteiger partial charge in [-0.1, -0.05) is 35.9 Å². The Balaban J connectivity index is 1.26. The molecule has 0 saturated carbocycles. The fourth-order valence-corrected chi connectivity index (χ4v) is 5.52. The minimum atomic E-state index is -1.03. The molecule has 196 valence electrons. The predicted octanol–water partition coefficient (Wildman–Crippen LogP) is 5.34. The van der Waals surface area contributed by atoms with E-state index in [1.165, 1.54) is 11.3 Å². The molecule has 0 atom stereocenters. The second-order valence-corrected chi connectivity index (χ2v) is 10.8. The van der Waals surface area contributed by atoms with Crippen LogP contribution in [0.2, 0.25) is 5.02 Å². The highest BCUT2D eigenvalue weighted by molar-refractivity contribution is 7.09. The molecule has 0 unspecified atom stereocenters. The number of nitrogens with zero attached hydrogens (tertiary/aromatic N) is 2. The van der Waals surface area contributed by atoms with E-state index in [-0.39, 0.29) is 17.7 Å². The summed E-state index contributed by atoms with van der Waals surface area (Å²) in [6.45, 7) is 5.28. The molecule has 4 rings (SSSR count). The number of amides is 2. The van der Waals surface area contributed by atoms with E-state index in [2.05, 4.69) is 10.3 Å². The number of nitrogens with one attached hydrogen (secondary N) is 1. The maximum Gasteiger partial charge on any atom is 0.270 e. The van der Waals surface area contributed by atoms with Crippen LogP contribution in [0.15, 0.2) is 53.9 Å². The summed E-state index contributed by atoms with van der Waals surface area (Å²) in [6.07, 6.45) is 2.29. The van der Waals surface area contributed by atoms with E-state index in [9.17, 15) is 9.59 Å². The first-order valence-electron chi connectivity index (χ1n) is 12.4. The summed E-state index contributed by atoms with van der Waals surface area (Å²) in [5.41, 5.74) is 0.508. The van der Waals surface area contributed by atoms with E-state index >= 15 is 0 Å². The standard InChI is InChI=1S/C28H32ClN3O4S/c1-28(2,36-24-10-5-4-9-22(24)29)27(34)32-15-12-20(13-16-32)26-31-23(18-37-26)25(33)30-14-11-19-7-6-8-21(17-19)35-3/h4-10,17-18,20H,11-16H2,1-3H3,(H,30,33). The zero-order chi connectivity index (χ0) is 26.4. The van der Waals surface area contributed by atoms with Crippen LogP contribution in [0.25, 0.3) is 0 Å². The highest BCUT2D eigenvalue weighted by atomic mass is 35.5. The summed E-state index contributed by atoms with van der Waals surface area (Å²) in [6, 6.07) is 15.0. The smallest absolute Gasteiger partial charge is 0.270 e. The van der Waals surface area contributed by atoms with Gasteiger partial charge >= 0.3 is 0 Å². The van der Waals surface area contributed by atoms with Crippen LogP contribution in [0.1, 0.15) is 53.7 Å². The third-order valence-electron chi connectivity index (χ3n) is 6.44. The van der Waals surface area contributed by atoms with Crippen LogP contribution in [0.5, 0.6) is 11.5 Å². The Hall–Kier alpha value is -3.10. The molecule has 7 nitrogen and oxygen atoms in total. The van der Waals surface area contributed by atoms with E-state index in [1.807, 2.05) is 46.7 Å². The number of methoxy groups -OCH3 is 1. The van der Waals surface area contributed by atoms with Gasteiger partial charge < -0.3 is 19.7 Å². The average Bonchev–Trinajstić information content (AvgIpc) is 3.40. The lowest BCUT2D eigenvalue weighted by Crippen LogP contribution is -2.51. The van der Waals surface area contributed by atoms with Crippen molar-refractivity contribution >= 4 is 34.8 Å². The van der Waals surface area contributed by atoms with E-state index in [0.29, 0.717) is 42.5 Å². The first-order chi connectivity index (χ1) is 17.8. The summed E-state index contributed by atoms with van der Waals surface area (Å²) in [7, 11) is 1.64. The number of hydrogen-bond acceptors (Lipinski definition) is 6. The van der Waals surface area contributed by atoms with Crippen molar-refractivity contribution in [3.8, 4) is 11.5 Å². The molecule has 0 bridgehead atoms. The fourth-order valence-electron chi connectivity index (χ4n) is 4.37. The Kier molecular flexibility index (Phi) is 8.71. The topological polar surface area (TPSA) is 80.8 Å². The molecule has 2 amide bonds. The van der Waals surface area contributed by atoms with Crippen LogP contribution >= 0.6 is 22.9 Å². The van der Waals surface area contributed by atoms with Crippen LogP contribution in [-0.4, -0.2) is 54.0 Å². The predicted molar refractivity (Wildman–Crippen MR) is 146 cm³/mol. The van der Waals surface area contributed by atoms with E-state index in [1.54, 1.807) is 33.1 Å². The van der Waals surface area contributed by atoms with Crippen molar-refractivity contribution in [1.29, 1.82) is 0 Å². The molecule has 0 aliphatic carbocycles. The van der Waals surface area contributed by atoms with Gasteiger partial charge in [-0.05, 0) is 62.9 Å². The Morgan fingerprint density at radius 2 is 1.92 bits per heavy atom. The number of aromatic nitrogens is 1. The lowest BCUT2D eigenvalue weighted by Gasteiger charge is -2.36. The lowest BCUT2D eigenvalue weighted by atomic mass is 9.96. The Morgan fingerprint density at radius 3 is 2.65 bits per heavy atom. The Labute approximate surface area is 226 Å². The zero-order valence-corrected chi connectivity index (χ0v) is 22.9. The lowest BCUT2D eigenvalue weighted by molar-refractivity contribution is -0.146. The molecule has 1 aliphatic heterocycles. The second kappa shape index (κ2) is 12.0. The van der Waals surface area contributed by atoms with Gasteiger partial charge in [0.2, 0.25) is 0 Å². The number of rotatable bonds is 9. The SMILES string of the molecule is COc1cccc(CCNC(=O)c2csc(C3CCN(C(=O)C(C)(C)Oc4ccccc4Cl)CC3)n2)c1. The van der Waals surface area contributed by atoms with E-state index < -0.39 is 5.60 Å². The monoisotopic (exact) mass is 541 g/mol. The van der Waals surface area contributed by atoms with Crippen LogP contribution in [-0.2, 0) is 11.2 Å². The van der Waals surface area contributed by atoms with Gasteiger partial charge in [-0.25, -0.2) is 4.98 Å². The van der Waals surface area contributed by atoms with Crippen molar-refractivity contribution in [3.05, 3.63) is 75.2 Å². The summed E-state index contributed by atoms with van der Waals surface area (Å²) in [4.78, 5) is 32.3. The van der Waals surface area contributed by atoms with Crippen molar-refractivity contribution in [2.24, 2.45) is 0 Å². The third kappa shape index (κ3) is 6.81. The molecule has 3 aromatic rings. The molecule has 1 aromatic heterocycles. The first kappa shape index (κ1) is 26.9. The number of likely N-dealkylation sites (tertiary alicyclic amines) is 1. The first-order valence-corrected chi connectivity index (χ1v) is 13.6. The number of carbonyl (C=O) groups excluding carboxylic acids is 2. The zero-order valence-electron chi connectivity index (χ0n) is 21.3. The van der Waals surface area contributed by atoms with Gasteiger partial charge in [0.15, 0.2) is 5.60 Å². The summed E-state index contributed by atoms with van der Waals surface area (Å²) in [5, 5.41) is 6.18. The van der Waals surface area contributed by atoms with Crippen molar-refractivity contribution in [1.82, 2.24) is 15.2 Å². The quantitative estimate of drug-likeness (QED) is 0.395. The number of benzene rings is 2. The fraction of sp³-hybridized carbons (Fsp3) is 0.393. The van der Waals surface area contributed by atoms with Gasteiger partial charge in [0.25, 0.3) is 11.8 Å². The minimum absolute atomic E-state index is 0.0684. The third-order valence-corrected chi connectivity index (χ3v) is 7.76. The van der Waals surface area contributed by atoms with Gasteiger partial charge in [-0.3, -0.25) is 9.59 Å². The normalized spacial score (nSPS) is 14.3. The maximum absolute atomic E-state index is 13.2. The molecule has 2 heterocycles. The maximum atomic E-state index is 13.2. The minimum Gasteiger partial charge on any atom is -0.497 e. The van der Waals surface area contributed by atoms with Crippen LogP contribution in [0.3, 0.4) is 0 Å². The van der Waals surface area contributed by atoms with Crippen LogP contribution in [0, 0.1) is 0 Å². The molecule has 2 aromatic carbocycles. The molecular formula is C28H32ClN3O4S. The van der Waals surface area contributed by atoms with Gasteiger partial charge in [0, 0.05) is 30.9 Å². The van der Waals surface area contributed by atoms with Gasteiger partial charge in [-0.2, -0.15) is 0 Å². The van der Waals surface area contributed by atoms with Crippen molar-refractivity contribution in [2.45, 2.75) is 44.6 Å². The molecule has 0 radical (unpaired) electrons. The molecule has 9 heteroatoms. The van der Waals surface area contributed by atoms with Crippen molar-refractivity contribution < 1.29 is 19.1 Å². The molecule has 1 aliphatic rings. The summed E-state index contributed by atoms with van der Waals surface area (Å²) in [5.74, 6) is 1.28. The number of para-hydroxylation sites is 1. The molecular weight excluding hydrogens is 510 g/mol. The highest BCUT2D eigenvalue weighted by Gasteiger charge is 2.37. The largest absolute Gasteiger partial charge is 0.497 e. The number of thiazole rings is 1. The van der Waals surface area contributed by atoms with Crippen LogP contribution in [0.4, 0.5) is 0 Å². The molecule has 0 spiro atoms. The molecule has 1 fully saturated rings. The van der Waals surface area contributed by atoms with Gasteiger partial charge in [0.05, 0.1) is 17.1 Å². The summed E-state index contributed by atoms with van der Waals surface area (Å²) >= 11 is 7.72. The summed E-state index contributed by atoms with van der Waals surface area (Å²) < 4.78 is 11.2. The van der Waals surface area contributed by atoms with E-state index in [4.69, 9.17) is 21.1 Å². The number of piperidine rings is 1. The van der Waals surface area contributed by atoms with Crippen molar-refractivity contribution in [3.63, 3.8) is 0 Å². The Bertz CT molecular complexity index is 1240. The van der Waals surface area contributed by atoms with Crippen LogP contribution < -0.4 is 14.8 Å². The molecule has 1 saturated heterocycles. The number of halogens is 1. The molecule has 1 N–H and O–H groups in total. The number of hydrogen-bond donors (Lipinski definition) is 1.